The van der Waals surface area contributed by atoms with E-state index in [1.807, 2.05) is 49.4 Å². The molecule has 1 aliphatic rings. The van der Waals surface area contributed by atoms with Gasteiger partial charge in [-0.15, -0.1) is 24.0 Å². The average molecular weight is 478 g/mol. The molecule has 6 nitrogen and oxygen atoms in total. The van der Waals surface area contributed by atoms with Crippen molar-refractivity contribution in [3.8, 4) is 17.6 Å². The van der Waals surface area contributed by atoms with Crippen LogP contribution >= 0.6 is 24.0 Å². The van der Waals surface area contributed by atoms with Gasteiger partial charge in [0.15, 0.2) is 17.5 Å². The van der Waals surface area contributed by atoms with Crippen LogP contribution in [0.2, 0.25) is 0 Å². The van der Waals surface area contributed by atoms with Crippen LogP contribution in [-0.4, -0.2) is 31.8 Å². The number of ether oxygens (including phenoxy) is 2. The zero-order chi connectivity index (χ0) is 18.2. The second-order valence-corrected chi connectivity index (χ2v) is 5.89. The summed E-state index contributed by atoms with van der Waals surface area (Å²) in [6, 6.07) is 17.3. The molecule has 0 aliphatic carbocycles. The SMILES string of the molecule is CCNC(=NCc1cccc(C#N)c1)NCC1COc2ccccc2O1.I. The van der Waals surface area contributed by atoms with E-state index in [-0.39, 0.29) is 30.1 Å². The summed E-state index contributed by atoms with van der Waals surface area (Å²) in [5, 5.41) is 15.5. The summed E-state index contributed by atoms with van der Waals surface area (Å²) >= 11 is 0. The van der Waals surface area contributed by atoms with Crippen molar-refractivity contribution >= 4 is 29.9 Å². The first-order chi connectivity index (χ1) is 12.8. The molecule has 0 radical (unpaired) electrons. The van der Waals surface area contributed by atoms with Gasteiger partial charge in [0.2, 0.25) is 0 Å². The van der Waals surface area contributed by atoms with Gasteiger partial charge in [0.05, 0.1) is 24.7 Å². The smallest absolute Gasteiger partial charge is 0.191 e. The maximum absolute atomic E-state index is 8.99. The lowest BCUT2D eigenvalue weighted by molar-refractivity contribution is 0.0936. The molecule has 0 bridgehead atoms. The Morgan fingerprint density at radius 2 is 2.00 bits per heavy atom. The van der Waals surface area contributed by atoms with Crippen molar-refractivity contribution in [2.45, 2.75) is 19.6 Å². The van der Waals surface area contributed by atoms with Crippen LogP contribution < -0.4 is 20.1 Å². The molecule has 1 aliphatic heterocycles. The predicted octanol–water partition coefficient (Wildman–Crippen LogP) is 3.07. The topological polar surface area (TPSA) is 78.7 Å². The van der Waals surface area contributed by atoms with E-state index >= 15 is 0 Å². The van der Waals surface area contributed by atoms with Crippen LogP contribution in [0.5, 0.6) is 11.5 Å². The van der Waals surface area contributed by atoms with E-state index in [2.05, 4.69) is 21.7 Å². The minimum atomic E-state index is -0.0873. The van der Waals surface area contributed by atoms with Crippen LogP contribution in [0.4, 0.5) is 0 Å². The maximum atomic E-state index is 8.99. The Balaban J connectivity index is 0.00000261. The Morgan fingerprint density at radius 3 is 2.78 bits per heavy atom. The highest BCUT2D eigenvalue weighted by atomic mass is 127. The number of benzene rings is 2. The van der Waals surface area contributed by atoms with Crippen LogP contribution in [0.15, 0.2) is 53.5 Å². The van der Waals surface area contributed by atoms with Gasteiger partial charge in [0.1, 0.15) is 12.7 Å². The third kappa shape index (κ3) is 6.03. The molecule has 0 saturated carbocycles. The first-order valence-corrected chi connectivity index (χ1v) is 8.68. The van der Waals surface area contributed by atoms with Gasteiger partial charge < -0.3 is 20.1 Å². The third-order valence-corrected chi connectivity index (χ3v) is 3.88. The summed E-state index contributed by atoms with van der Waals surface area (Å²) in [4.78, 5) is 4.58. The van der Waals surface area contributed by atoms with Gasteiger partial charge in [-0.05, 0) is 36.8 Å². The molecular weight excluding hydrogens is 455 g/mol. The second kappa shape index (κ2) is 10.6. The highest BCUT2D eigenvalue weighted by Crippen LogP contribution is 2.30. The lowest BCUT2D eigenvalue weighted by Crippen LogP contribution is -2.45. The van der Waals surface area contributed by atoms with E-state index in [0.29, 0.717) is 31.2 Å². The number of rotatable bonds is 5. The molecule has 0 saturated heterocycles. The van der Waals surface area contributed by atoms with E-state index in [9.17, 15) is 0 Å². The highest BCUT2D eigenvalue weighted by Gasteiger charge is 2.20. The van der Waals surface area contributed by atoms with Crippen molar-refractivity contribution in [2.75, 3.05) is 19.7 Å². The van der Waals surface area contributed by atoms with Gasteiger partial charge in [-0.1, -0.05) is 24.3 Å². The van der Waals surface area contributed by atoms with Gasteiger partial charge in [-0.3, -0.25) is 0 Å². The number of halogens is 1. The van der Waals surface area contributed by atoms with Crippen molar-refractivity contribution in [3.05, 3.63) is 59.7 Å². The lowest BCUT2D eigenvalue weighted by atomic mass is 10.1. The molecule has 1 atom stereocenters. The molecule has 2 aromatic carbocycles. The summed E-state index contributed by atoms with van der Waals surface area (Å²) in [5.41, 5.74) is 1.63. The van der Waals surface area contributed by atoms with Gasteiger partial charge in [0.25, 0.3) is 0 Å². The number of nitriles is 1. The molecule has 0 amide bonds. The fourth-order valence-corrected chi connectivity index (χ4v) is 2.63. The molecule has 27 heavy (non-hydrogen) atoms. The van der Waals surface area contributed by atoms with Crippen molar-refractivity contribution in [2.24, 2.45) is 4.99 Å². The zero-order valence-electron chi connectivity index (χ0n) is 15.1. The average Bonchev–Trinajstić information content (AvgIpc) is 2.70. The number of fused-ring (bicyclic) bond motifs is 1. The minimum absolute atomic E-state index is 0. The molecule has 1 unspecified atom stereocenters. The summed E-state index contributed by atoms with van der Waals surface area (Å²) in [6.07, 6.45) is -0.0873. The van der Waals surface area contributed by atoms with E-state index < -0.39 is 0 Å². The summed E-state index contributed by atoms with van der Waals surface area (Å²) in [6.45, 7) is 4.35. The van der Waals surface area contributed by atoms with Crippen molar-refractivity contribution in [1.82, 2.24) is 10.6 Å². The molecule has 0 fully saturated rings. The van der Waals surface area contributed by atoms with Crippen LogP contribution in [0.3, 0.4) is 0 Å². The number of aliphatic imine (C=N–C) groups is 1. The van der Waals surface area contributed by atoms with Crippen molar-refractivity contribution in [1.29, 1.82) is 5.26 Å². The number of guanidine groups is 1. The largest absolute Gasteiger partial charge is 0.486 e. The predicted molar refractivity (Wildman–Crippen MR) is 116 cm³/mol. The zero-order valence-corrected chi connectivity index (χ0v) is 17.5. The Labute approximate surface area is 176 Å². The fourth-order valence-electron chi connectivity index (χ4n) is 2.63. The van der Waals surface area contributed by atoms with Crippen molar-refractivity contribution in [3.63, 3.8) is 0 Å². The molecule has 0 spiro atoms. The van der Waals surface area contributed by atoms with E-state index in [0.717, 1.165) is 23.6 Å². The Bertz CT molecular complexity index is 820. The number of hydrogen-bond acceptors (Lipinski definition) is 4. The monoisotopic (exact) mass is 478 g/mol. The minimum Gasteiger partial charge on any atom is -0.486 e. The summed E-state index contributed by atoms with van der Waals surface area (Å²) in [7, 11) is 0. The molecule has 2 aromatic rings. The van der Waals surface area contributed by atoms with E-state index in [1.54, 1.807) is 6.07 Å². The van der Waals surface area contributed by atoms with Crippen LogP contribution in [0.1, 0.15) is 18.1 Å². The van der Waals surface area contributed by atoms with Gasteiger partial charge in [-0.25, -0.2) is 4.99 Å². The standard InChI is InChI=1S/C20H22N4O2.HI/c1-2-22-20(23-12-16-7-5-6-15(10-16)11-21)24-13-17-14-25-18-8-3-4-9-19(18)26-17;/h3-10,17H,2,12-14H2,1H3,(H2,22,23,24);1H. The molecule has 3 rings (SSSR count). The fraction of sp³-hybridized carbons (Fsp3) is 0.300. The maximum Gasteiger partial charge on any atom is 0.191 e. The normalized spacial score (nSPS) is 15.3. The van der Waals surface area contributed by atoms with Gasteiger partial charge in [-0.2, -0.15) is 5.26 Å². The molecule has 2 N–H and O–H groups in total. The Kier molecular flexibility index (Phi) is 8.20. The number of hydrogen-bond donors (Lipinski definition) is 2. The first kappa shape index (κ1) is 20.8. The van der Waals surface area contributed by atoms with Crippen molar-refractivity contribution < 1.29 is 9.47 Å². The first-order valence-electron chi connectivity index (χ1n) is 8.68. The molecular formula is C20H23IN4O2. The number of nitrogens with one attached hydrogen (secondary N) is 2. The third-order valence-electron chi connectivity index (χ3n) is 3.88. The molecule has 7 heteroatoms. The molecule has 142 valence electrons. The van der Waals surface area contributed by atoms with Crippen LogP contribution in [-0.2, 0) is 6.54 Å². The lowest BCUT2D eigenvalue weighted by Gasteiger charge is -2.27. The molecule has 1 heterocycles. The van der Waals surface area contributed by atoms with Crippen LogP contribution in [0, 0.1) is 11.3 Å². The van der Waals surface area contributed by atoms with E-state index in [4.69, 9.17) is 14.7 Å². The second-order valence-electron chi connectivity index (χ2n) is 5.89. The molecule has 0 aromatic heterocycles. The number of nitrogens with zero attached hydrogens (tertiary/aromatic N) is 2. The highest BCUT2D eigenvalue weighted by molar-refractivity contribution is 14.0. The summed E-state index contributed by atoms with van der Waals surface area (Å²) in [5.74, 6) is 2.25. The quantitative estimate of drug-likeness (QED) is 0.393. The summed E-state index contributed by atoms with van der Waals surface area (Å²) < 4.78 is 11.7. The van der Waals surface area contributed by atoms with Gasteiger partial charge in [0, 0.05) is 6.54 Å². The van der Waals surface area contributed by atoms with Crippen LogP contribution in [0.25, 0.3) is 0 Å². The van der Waals surface area contributed by atoms with Gasteiger partial charge >= 0.3 is 0 Å². The Morgan fingerprint density at radius 1 is 1.19 bits per heavy atom. The van der Waals surface area contributed by atoms with E-state index in [1.165, 1.54) is 0 Å². The Hall–Kier alpha value is -2.47. The number of para-hydroxylation sites is 2.